The molecule has 0 aromatic carbocycles. The van der Waals surface area contributed by atoms with Crippen LogP contribution >= 0.6 is 0 Å². The lowest BCUT2D eigenvalue weighted by molar-refractivity contribution is -0.134. The van der Waals surface area contributed by atoms with Crippen LogP contribution in [0.15, 0.2) is 0 Å². The average molecular weight is 333 g/mol. The van der Waals surface area contributed by atoms with Crippen LogP contribution in [0, 0.1) is 18.8 Å². The highest BCUT2D eigenvalue weighted by Gasteiger charge is 2.26. The predicted molar refractivity (Wildman–Crippen MR) is 93.3 cm³/mol. The molecule has 0 spiro atoms. The molecule has 1 aliphatic carbocycles. The normalized spacial score (nSPS) is 21.8. The van der Waals surface area contributed by atoms with Gasteiger partial charge in [-0.2, -0.15) is 5.10 Å². The van der Waals surface area contributed by atoms with Gasteiger partial charge in [0.2, 0.25) is 5.91 Å². The number of rotatable bonds is 5. The number of aryl methyl sites for hydroxylation is 1. The van der Waals surface area contributed by atoms with E-state index in [4.69, 9.17) is 0 Å². The summed E-state index contributed by atoms with van der Waals surface area (Å²) in [6.07, 6.45) is 7.44. The van der Waals surface area contributed by atoms with Crippen LogP contribution in [0.1, 0.15) is 57.1 Å². The minimum atomic E-state index is 0.349. The molecule has 1 aliphatic heterocycles. The number of carbonyl (C=O) groups excluding carboxylic acids is 1. The number of amides is 1. The van der Waals surface area contributed by atoms with E-state index in [9.17, 15) is 4.79 Å². The molecule has 6 nitrogen and oxygen atoms in total. The highest BCUT2D eigenvalue weighted by Crippen LogP contribution is 2.31. The highest BCUT2D eigenvalue weighted by atomic mass is 16.2. The van der Waals surface area contributed by atoms with Gasteiger partial charge in [0.1, 0.15) is 5.82 Å². The van der Waals surface area contributed by atoms with Crippen molar-refractivity contribution < 1.29 is 4.79 Å². The SMILES string of the molecule is Cc1nc(CN2CCN(C(=O)CC(C)C3CCCCC3)CC2)n[nH]1. The molecular formula is C18H31N5O. The zero-order valence-corrected chi connectivity index (χ0v) is 15.1. The van der Waals surface area contributed by atoms with E-state index < -0.39 is 0 Å². The van der Waals surface area contributed by atoms with Crippen LogP contribution in [-0.4, -0.2) is 57.1 Å². The molecule has 0 radical (unpaired) electrons. The molecule has 1 atom stereocenters. The number of hydrogen-bond acceptors (Lipinski definition) is 4. The van der Waals surface area contributed by atoms with Gasteiger partial charge in [0.25, 0.3) is 0 Å². The summed E-state index contributed by atoms with van der Waals surface area (Å²) in [5, 5.41) is 7.08. The molecule has 2 heterocycles. The quantitative estimate of drug-likeness (QED) is 0.898. The molecule has 3 rings (SSSR count). The topological polar surface area (TPSA) is 65.1 Å². The Bertz CT molecular complexity index is 529. The number of hydrogen-bond donors (Lipinski definition) is 1. The molecule has 1 amide bonds. The molecule has 0 bridgehead atoms. The summed E-state index contributed by atoms with van der Waals surface area (Å²) >= 11 is 0. The molecule has 24 heavy (non-hydrogen) atoms. The van der Waals surface area contributed by atoms with Gasteiger partial charge in [0, 0.05) is 32.6 Å². The number of H-pyrrole nitrogens is 1. The fourth-order valence-electron chi connectivity index (χ4n) is 4.09. The van der Waals surface area contributed by atoms with Crippen LogP contribution in [0.5, 0.6) is 0 Å². The smallest absolute Gasteiger partial charge is 0.222 e. The molecule has 2 aliphatic rings. The first-order chi connectivity index (χ1) is 11.6. The molecule has 1 N–H and O–H groups in total. The Kier molecular flexibility index (Phi) is 5.87. The Balaban J connectivity index is 1.41. The zero-order chi connectivity index (χ0) is 16.9. The highest BCUT2D eigenvalue weighted by molar-refractivity contribution is 5.76. The Labute approximate surface area is 145 Å². The average Bonchev–Trinajstić information content (AvgIpc) is 3.01. The first kappa shape index (κ1) is 17.4. The third kappa shape index (κ3) is 4.56. The van der Waals surface area contributed by atoms with Crippen molar-refractivity contribution >= 4 is 5.91 Å². The minimum absolute atomic E-state index is 0.349. The Morgan fingerprint density at radius 2 is 1.92 bits per heavy atom. The number of aromatic amines is 1. The lowest BCUT2D eigenvalue weighted by Crippen LogP contribution is -2.48. The van der Waals surface area contributed by atoms with E-state index in [2.05, 4.69) is 31.9 Å². The molecule has 1 saturated carbocycles. The van der Waals surface area contributed by atoms with Gasteiger partial charge in [-0.15, -0.1) is 0 Å². The summed E-state index contributed by atoms with van der Waals surface area (Å²) in [6, 6.07) is 0. The maximum atomic E-state index is 12.6. The molecule has 1 aromatic rings. The standard InChI is InChI=1S/C18H31N5O/c1-14(16-6-4-3-5-7-16)12-18(24)23-10-8-22(9-11-23)13-17-19-15(2)20-21-17/h14,16H,3-13H2,1-2H3,(H,19,20,21). The predicted octanol–water partition coefficient (Wildman–Crippen LogP) is 2.36. The van der Waals surface area contributed by atoms with E-state index in [1.807, 2.05) is 6.92 Å². The van der Waals surface area contributed by atoms with Crippen LogP contribution in [0.4, 0.5) is 0 Å². The van der Waals surface area contributed by atoms with Gasteiger partial charge in [-0.25, -0.2) is 4.98 Å². The van der Waals surface area contributed by atoms with Crippen molar-refractivity contribution in [2.75, 3.05) is 26.2 Å². The largest absolute Gasteiger partial charge is 0.340 e. The fourth-order valence-corrected chi connectivity index (χ4v) is 4.09. The van der Waals surface area contributed by atoms with Gasteiger partial charge < -0.3 is 4.90 Å². The van der Waals surface area contributed by atoms with E-state index in [0.717, 1.165) is 56.7 Å². The number of piperazine rings is 1. The second-order valence-corrected chi connectivity index (χ2v) is 7.57. The number of aromatic nitrogens is 3. The molecule has 1 unspecified atom stereocenters. The number of nitrogens with one attached hydrogen (secondary N) is 1. The van der Waals surface area contributed by atoms with Gasteiger partial charge in [-0.05, 0) is 18.8 Å². The molecule has 2 fully saturated rings. The first-order valence-electron chi connectivity index (χ1n) is 9.50. The van der Waals surface area contributed by atoms with E-state index >= 15 is 0 Å². The third-order valence-corrected chi connectivity index (χ3v) is 5.68. The maximum absolute atomic E-state index is 12.6. The molecule has 134 valence electrons. The fraction of sp³-hybridized carbons (Fsp3) is 0.833. The molecule has 6 heteroatoms. The van der Waals surface area contributed by atoms with Crippen molar-refractivity contribution in [1.82, 2.24) is 25.0 Å². The van der Waals surface area contributed by atoms with Crippen molar-refractivity contribution in [3.8, 4) is 0 Å². The van der Waals surface area contributed by atoms with Crippen LogP contribution in [0.3, 0.4) is 0 Å². The molecular weight excluding hydrogens is 302 g/mol. The van der Waals surface area contributed by atoms with Crippen molar-refractivity contribution in [3.63, 3.8) is 0 Å². The zero-order valence-electron chi connectivity index (χ0n) is 15.1. The molecule has 1 saturated heterocycles. The third-order valence-electron chi connectivity index (χ3n) is 5.68. The minimum Gasteiger partial charge on any atom is -0.340 e. The second-order valence-electron chi connectivity index (χ2n) is 7.57. The summed E-state index contributed by atoms with van der Waals surface area (Å²) < 4.78 is 0. The van der Waals surface area contributed by atoms with E-state index in [1.165, 1.54) is 32.1 Å². The van der Waals surface area contributed by atoms with Gasteiger partial charge in [0.05, 0.1) is 6.54 Å². The summed E-state index contributed by atoms with van der Waals surface area (Å²) in [5.74, 6) is 3.35. The van der Waals surface area contributed by atoms with E-state index in [1.54, 1.807) is 0 Å². The Morgan fingerprint density at radius 3 is 2.54 bits per heavy atom. The lowest BCUT2D eigenvalue weighted by atomic mass is 9.79. The maximum Gasteiger partial charge on any atom is 0.222 e. The van der Waals surface area contributed by atoms with Crippen LogP contribution < -0.4 is 0 Å². The van der Waals surface area contributed by atoms with Gasteiger partial charge in [0.15, 0.2) is 5.82 Å². The van der Waals surface area contributed by atoms with Crippen molar-refractivity contribution in [1.29, 1.82) is 0 Å². The number of carbonyl (C=O) groups is 1. The molecule has 1 aromatic heterocycles. The number of nitrogens with zero attached hydrogens (tertiary/aromatic N) is 4. The lowest BCUT2D eigenvalue weighted by Gasteiger charge is -2.35. The summed E-state index contributed by atoms with van der Waals surface area (Å²) in [6.45, 7) is 8.45. The van der Waals surface area contributed by atoms with Gasteiger partial charge in [-0.3, -0.25) is 14.8 Å². The van der Waals surface area contributed by atoms with Crippen LogP contribution in [0.25, 0.3) is 0 Å². The second kappa shape index (κ2) is 8.10. The van der Waals surface area contributed by atoms with Crippen molar-refractivity contribution in [2.45, 2.75) is 58.9 Å². The Morgan fingerprint density at radius 1 is 1.21 bits per heavy atom. The summed E-state index contributed by atoms with van der Waals surface area (Å²) in [5.41, 5.74) is 0. The monoisotopic (exact) mass is 333 g/mol. The summed E-state index contributed by atoms with van der Waals surface area (Å²) in [7, 11) is 0. The van der Waals surface area contributed by atoms with Crippen molar-refractivity contribution in [2.24, 2.45) is 11.8 Å². The Hall–Kier alpha value is -1.43. The van der Waals surface area contributed by atoms with Gasteiger partial charge in [-0.1, -0.05) is 39.0 Å². The first-order valence-corrected chi connectivity index (χ1v) is 9.50. The van der Waals surface area contributed by atoms with Crippen LogP contribution in [-0.2, 0) is 11.3 Å². The van der Waals surface area contributed by atoms with E-state index in [-0.39, 0.29) is 0 Å². The van der Waals surface area contributed by atoms with Gasteiger partial charge >= 0.3 is 0 Å². The van der Waals surface area contributed by atoms with Crippen molar-refractivity contribution in [3.05, 3.63) is 11.6 Å². The van der Waals surface area contributed by atoms with Crippen LogP contribution in [0.2, 0.25) is 0 Å². The van der Waals surface area contributed by atoms with E-state index in [0.29, 0.717) is 11.8 Å². The summed E-state index contributed by atoms with van der Waals surface area (Å²) in [4.78, 5) is 21.3.